The maximum atomic E-state index is 6.09. The minimum Gasteiger partial charge on any atom is -0.495 e. The van der Waals surface area contributed by atoms with Crippen molar-refractivity contribution in [2.45, 2.75) is 38.1 Å². The molecule has 1 fully saturated rings. The molecule has 0 spiro atoms. The molecule has 0 unspecified atom stereocenters. The summed E-state index contributed by atoms with van der Waals surface area (Å²) in [5.74, 6) is 1.55. The van der Waals surface area contributed by atoms with Crippen molar-refractivity contribution >= 4 is 17.5 Å². The Hall–Kier alpha value is -1.68. The van der Waals surface area contributed by atoms with Gasteiger partial charge in [0.25, 0.3) is 0 Å². The molecule has 1 aromatic carbocycles. The van der Waals surface area contributed by atoms with Gasteiger partial charge >= 0.3 is 0 Å². The van der Waals surface area contributed by atoms with E-state index in [2.05, 4.69) is 10.3 Å². The number of anilines is 1. The molecular formula is C16H20ClN3O. The number of ether oxygens (including phenoxy) is 1. The van der Waals surface area contributed by atoms with E-state index in [-0.39, 0.29) is 0 Å². The van der Waals surface area contributed by atoms with Crippen molar-refractivity contribution in [2.24, 2.45) is 0 Å². The summed E-state index contributed by atoms with van der Waals surface area (Å²) in [7, 11) is 1.63. The predicted molar refractivity (Wildman–Crippen MR) is 85.6 cm³/mol. The second-order valence-electron chi connectivity index (χ2n) is 5.42. The van der Waals surface area contributed by atoms with Crippen LogP contribution in [0.5, 0.6) is 5.75 Å². The lowest BCUT2D eigenvalue weighted by atomic mass is 9.96. The van der Waals surface area contributed by atoms with E-state index >= 15 is 0 Å². The summed E-state index contributed by atoms with van der Waals surface area (Å²) in [4.78, 5) is 4.44. The molecule has 5 heteroatoms. The minimum atomic E-state index is 0.522. The van der Waals surface area contributed by atoms with Crippen molar-refractivity contribution in [3.63, 3.8) is 0 Å². The van der Waals surface area contributed by atoms with Gasteiger partial charge in [0.1, 0.15) is 5.75 Å². The Morgan fingerprint density at radius 1 is 1.29 bits per heavy atom. The van der Waals surface area contributed by atoms with E-state index in [1.807, 2.05) is 35.2 Å². The Balaban J connectivity index is 1.84. The molecule has 1 aliphatic rings. The third-order valence-corrected chi connectivity index (χ3v) is 4.30. The fraction of sp³-hybridized carbons (Fsp3) is 0.438. The van der Waals surface area contributed by atoms with Crippen molar-refractivity contribution in [3.05, 3.63) is 35.6 Å². The highest BCUT2D eigenvalue weighted by molar-refractivity contribution is 6.32. The molecule has 1 N–H and O–H groups in total. The number of methoxy groups -OCH3 is 1. The maximum Gasteiger partial charge on any atom is 0.207 e. The lowest BCUT2D eigenvalue weighted by molar-refractivity contribution is 0.415. The topological polar surface area (TPSA) is 39.1 Å². The number of aromatic nitrogens is 2. The van der Waals surface area contributed by atoms with Gasteiger partial charge in [0.15, 0.2) is 0 Å². The van der Waals surface area contributed by atoms with E-state index in [0.29, 0.717) is 16.8 Å². The second kappa shape index (κ2) is 6.39. The number of hydrogen-bond acceptors (Lipinski definition) is 3. The van der Waals surface area contributed by atoms with Gasteiger partial charge in [-0.1, -0.05) is 30.9 Å². The third kappa shape index (κ3) is 3.16. The van der Waals surface area contributed by atoms with Crippen LogP contribution in [0.3, 0.4) is 0 Å². The molecule has 1 saturated carbocycles. The van der Waals surface area contributed by atoms with Crippen LogP contribution in [0.1, 0.15) is 32.1 Å². The average molecular weight is 306 g/mol. The summed E-state index contributed by atoms with van der Waals surface area (Å²) in [6.45, 7) is 0. The number of hydrogen-bond donors (Lipinski definition) is 1. The normalized spacial score (nSPS) is 15.9. The Bertz CT molecular complexity index is 605. The zero-order chi connectivity index (χ0) is 14.7. The molecule has 1 aliphatic carbocycles. The molecule has 0 radical (unpaired) electrons. The van der Waals surface area contributed by atoms with E-state index in [4.69, 9.17) is 16.3 Å². The van der Waals surface area contributed by atoms with Gasteiger partial charge in [-0.25, -0.2) is 4.98 Å². The van der Waals surface area contributed by atoms with E-state index in [9.17, 15) is 0 Å². The summed E-state index contributed by atoms with van der Waals surface area (Å²) in [5.41, 5.74) is 0.993. The van der Waals surface area contributed by atoms with Gasteiger partial charge < -0.3 is 10.1 Å². The van der Waals surface area contributed by atoms with Crippen LogP contribution in [-0.2, 0) is 0 Å². The number of rotatable bonds is 4. The van der Waals surface area contributed by atoms with Gasteiger partial charge in [0.2, 0.25) is 5.95 Å². The zero-order valence-corrected chi connectivity index (χ0v) is 12.9. The molecule has 112 valence electrons. The van der Waals surface area contributed by atoms with Gasteiger partial charge in [0, 0.05) is 24.5 Å². The summed E-state index contributed by atoms with van der Waals surface area (Å²) in [5, 5.41) is 4.17. The van der Waals surface area contributed by atoms with Crippen LogP contribution in [0.2, 0.25) is 5.02 Å². The Morgan fingerprint density at radius 2 is 2.10 bits per heavy atom. The third-order valence-electron chi connectivity index (χ3n) is 3.99. The Morgan fingerprint density at radius 3 is 2.86 bits per heavy atom. The Kier molecular flexibility index (Phi) is 4.34. The van der Waals surface area contributed by atoms with Crippen molar-refractivity contribution in [1.82, 2.24) is 9.55 Å². The molecule has 0 amide bonds. The molecule has 4 nitrogen and oxygen atoms in total. The quantitative estimate of drug-likeness (QED) is 0.916. The largest absolute Gasteiger partial charge is 0.495 e. The highest BCUT2D eigenvalue weighted by Gasteiger charge is 2.16. The summed E-state index contributed by atoms with van der Waals surface area (Å²) in [6.07, 6.45) is 10.1. The van der Waals surface area contributed by atoms with Crippen LogP contribution >= 0.6 is 11.6 Å². The van der Waals surface area contributed by atoms with E-state index < -0.39 is 0 Å². The lowest BCUT2D eigenvalue weighted by Crippen LogP contribution is -2.24. The number of halogens is 1. The fourth-order valence-electron chi connectivity index (χ4n) is 2.85. The summed E-state index contributed by atoms with van der Waals surface area (Å²) < 4.78 is 7.32. The Labute approximate surface area is 130 Å². The van der Waals surface area contributed by atoms with Crippen LogP contribution < -0.4 is 10.1 Å². The monoisotopic (exact) mass is 305 g/mol. The summed E-state index contributed by atoms with van der Waals surface area (Å²) >= 11 is 6.09. The predicted octanol–water partition coefficient (Wildman–Crippen LogP) is 4.28. The number of nitrogens with zero attached hydrogens (tertiary/aromatic N) is 2. The number of benzene rings is 1. The molecule has 0 atom stereocenters. The smallest absolute Gasteiger partial charge is 0.207 e. The van der Waals surface area contributed by atoms with Crippen molar-refractivity contribution in [3.8, 4) is 11.4 Å². The first-order chi connectivity index (χ1) is 10.3. The van der Waals surface area contributed by atoms with Crippen molar-refractivity contribution in [2.75, 3.05) is 12.4 Å². The molecule has 21 heavy (non-hydrogen) atoms. The van der Waals surface area contributed by atoms with Crippen molar-refractivity contribution in [1.29, 1.82) is 0 Å². The molecule has 1 heterocycles. The number of imidazole rings is 1. The van der Waals surface area contributed by atoms with Gasteiger partial charge in [-0.2, -0.15) is 0 Å². The van der Waals surface area contributed by atoms with E-state index in [0.717, 1.165) is 11.6 Å². The minimum absolute atomic E-state index is 0.522. The van der Waals surface area contributed by atoms with Crippen LogP contribution in [0.25, 0.3) is 5.69 Å². The first-order valence-corrected chi connectivity index (χ1v) is 7.79. The lowest BCUT2D eigenvalue weighted by Gasteiger charge is -2.23. The molecule has 0 aliphatic heterocycles. The number of nitrogens with one attached hydrogen (secondary N) is 1. The molecule has 0 saturated heterocycles. The first kappa shape index (κ1) is 14.3. The van der Waals surface area contributed by atoms with Crippen LogP contribution in [0.4, 0.5) is 5.95 Å². The van der Waals surface area contributed by atoms with Gasteiger partial charge in [0.05, 0.1) is 17.8 Å². The first-order valence-electron chi connectivity index (χ1n) is 7.42. The maximum absolute atomic E-state index is 6.09. The van der Waals surface area contributed by atoms with E-state index in [1.165, 1.54) is 32.1 Å². The van der Waals surface area contributed by atoms with Crippen LogP contribution in [0.15, 0.2) is 30.6 Å². The van der Waals surface area contributed by atoms with Crippen LogP contribution in [-0.4, -0.2) is 22.7 Å². The van der Waals surface area contributed by atoms with Crippen molar-refractivity contribution < 1.29 is 4.74 Å². The van der Waals surface area contributed by atoms with Crippen LogP contribution in [0, 0.1) is 0 Å². The highest BCUT2D eigenvalue weighted by Crippen LogP contribution is 2.28. The van der Waals surface area contributed by atoms with Gasteiger partial charge in [-0.05, 0) is 25.0 Å². The van der Waals surface area contributed by atoms with E-state index in [1.54, 1.807) is 7.11 Å². The average Bonchev–Trinajstić information content (AvgIpc) is 2.97. The molecule has 0 bridgehead atoms. The fourth-order valence-corrected chi connectivity index (χ4v) is 3.04. The SMILES string of the molecule is COc1cc(-n2ccnc2NC2CCCCC2)ccc1Cl. The highest BCUT2D eigenvalue weighted by atomic mass is 35.5. The second-order valence-corrected chi connectivity index (χ2v) is 5.83. The molecule has 3 rings (SSSR count). The van der Waals surface area contributed by atoms with Gasteiger partial charge in [-0.15, -0.1) is 0 Å². The molecular weight excluding hydrogens is 286 g/mol. The molecule has 2 aromatic rings. The summed E-state index contributed by atoms with van der Waals surface area (Å²) in [6, 6.07) is 6.27. The zero-order valence-electron chi connectivity index (χ0n) is 12.2. The van der Waals surface area contributed by atoms with Gasteiger partial charge in [-0.3, -0.25) is 4.57 Å². The standard InChI is InChI=1S/C16H20ClN3O/c1-21-15-11-13(7-8-14(15)17)20-10-9-18-16(20)19-12-5-3-2-4-6-12/h7-12H,2-6H2,1H3,(H,18,19). The molecule has 1 aromatic heterocycles.